The van der Waals surface area contributed by atoms with E-state index < -0.39 is 5.97 Å². The van der Waals surface area contributed by atoms with Gasteiger partial charge in [-0.05, 0) is 25.1 Å². The third-order valence-corrected chi connectivity index (χ3v) is 3.91. The monoisotopic (exact) mass is 349 g/mol. The number of hydrogen-bond donors (Lipinski definition) is 3. The lowest BCUT2D eigenvalue weighted by Gasteiger charge is -2.03. The molecule has 3 aromatic rings. The number of nitrogens with zero attached hydrogens (tertiary/aromatic N) is 2. The Morgan fingerprint density at radius 1 is 1.35 bits per heavy atom. The van der Waals surface area contributed by atoms with Crippen molar-refractivity contribution in [2.24, 2.45) is 0 Å². The second kappa shape index (κ2) is 6.32. The van der Waals surface area contributed by atoms with Crippen LogP contribution in [0.15, 0.2) is 42.7 Å². The number of pyridine rings is 1. The van der Waals surface area contributed by atoms with Crippen LogP contribution in [0.25, 0.3) is 16.6 Å². The first-order valence-electron chi connectivity index (χ1n) is 8.06. The van der Waals surface area contributed by atoms with Gasteiger partial charge in [0, 0.05) is 18.0 Å². The topological polar surface area (TPSA) is 109 Å². The van der Waals surface area contributed by atoms with Gasteiger partial charge in [0.2, 0.25) is 5.95 Å². The Morgan fingerprint density at radius 2 is 2.19 bits per heavy atom. The normalized spacial score (nSPS) is 14.3. The SMILES string of the molecule is CCOC(=O)c1cnc2c(c1)/C(=C/Nc1nc3ccccc3[nH]1)C(=O)N2. The molecule has 0 aliphatic carbocycles. The number of hydrogen-bond acceptors (Lipinski definition) is 6. The maximum atomic E-state index is 12.2. The van der Waals surface area contributed by atoms with E-state index >= 15 is 0 Å². The minimum atomic E-state index is -0.480. The van der Waals surface area contributed by atoms with Crippen molar-refractivity contribution in [2.75, 3.05) is 17.2 Å². The van der Waals surface area contributed by atoms with E-state index in [9.17, 15) is 9.59 Å². The van der Waals surface area contributed by atoms with Gasteiger partial charge in [0.25, 0.3) is 5.91 Å². The van der Waals surface area contributed by atoms with E-state index in [1.54, 1.807) is 13.0 Å². The third-order valence-electron chi connectivity index (χ3n) is 3.91. The number of benzene rings is 1. The van der Waals surface area contributed by atoms with E-state index in [0.717, 1.165) is 11.0 Å². The maximum Gasteiger partial charge on any atom is 0.339 e. The van der Waals surface area contributed by atoms with Crippen molar-refractivity contribution in [2.45, 2.75) is 6.92 Å². The lowest BCUT2D eigenvalue weighted by Crippen LogP contribution is -2.06. The molecule has 4 rings (SSSR count). The number of esters is 1. The first-order chi connectivity index (χ1) is 12.7. The predicted octanol–water partition coefficient (Wildman–Crippen LogP) is 2.54. The third kappa shape index (κ3) is 2.77. The summed E-state index contributed by atoms with van der Waals surface area (Å²) in [6.07, 6.45) is 2.92. The molecule has 8 heteroatoms. The summed E-state index contributed by atoms with van der Waals surface area (Å²) in [6.45, 7) is 2.00. The number of carbonyl (C=O) groups excluding carboxylic acids is 2. The minimum absolute atomic E-state index is 0.267. The molecule has 0 saturated heterocycles. The quantitative estimate of drug-likeness (QED) is 0.493. The van der Waals surface area contributed by atoms with Gasteiger partial charge in [0.15, 0.2) is 0 Å². The number of imidazole rings is 1. The number of ether oxygens (including phenoxy) is 1. The summed E-state index contributed by atoms with van der Waals surface area (Å²) in [4.78, 5) is 35.8. The Morgan fingerprint density at radius 3 is 3.00 bits per heavy atom. The number of H-pyrrole nitrogens is 1. The molecule has 1 amide bonds. The predicted molar refractivity (Wildman–Crippen MR) is 96.5 cm³/mol. The van der Waals surface area contributed by atoms with E-state index in [0.29, 0.717) is 22.9 Å². The zero-order valence-corrected chi connectivity index (χ0v) is 13.9. The number of carbonyl (C=O) groups is 2. The van der Waals surface area contributed by atoms with E-state index in [1.807, 2.05) is 24.3 Å². The van der Waals surface area contributed by atoms with Crippen LogP contribution in [-0.4, -0.2) is 33.4 Å². The van der Waals surface area contributed by atoms with Gasteiger partial charge in [-0.2, -0.15) is 0 Å². The number of aromatic amines is 1. The molecule has 0 spiro atoms. The lowest BCUT2D eigenvalue weighted by molar-refractivity contribution is -0.110. The van der Waals surface area contributed by atoms with Crippen molar-refractivity contribution in [3.8, 4) is 0 Å². The number of amides is 1. The molecule has 1 aromatic carbocycles. The molecule has 2 aromatic heterocycles. The van der Waals surface area contributed by atoms with Gasteiger partial charge in [-0.15, -0.1) is 0 Å². The fourth-order valence-corrected chi connectivity index (χ4v) is 2.70. The van der Waals surface area contributed by atoms with Crippen molar-refractivity contribution in [1.82, 2.24) is 15.0 Å². The summed E-state index contributed by atoms with van der Waals surface area (Å²) in [5.74, 6) is 0.124. The highest BCUT2D eigenvalue weighted by Gasteiger charge is 2.27. The minimum Gasteiger partial charge on any atom is -0.462 e. The highest BCUT2D eigenvalue weighted by Crippen LogP contribution is 2.30. The summed E-state index contributed by atoms with van der Waals surface area (Å²) in [7, 11) is 0. The molecule has 0 radical (unpaired) electrons. The second-order valence-electron chi connectivity index (χ2n) is 5.60. The van der Waals surface area contributed by atoms with Crippen LogP contribution < -0.4 is 10.6 Å². The van der Waals surface area contributed by atoms with E-state index in [2.05, 4.69) is 25.6 Å². The number of para-hydroxylation sites is 2. The van der Waals surface area contributed by atoms with Crippen LogP contribution in [0.4, 0.5) is 11.8 Å². The van der Waals surface area contributed by atoms with Crippen molar-refractivity contribution in [3.05, 3.63) is 53.9 Å². The average Bonchev–Trinajstić information content (AvgIpc) is 3.19. The molecular formula is C18H15N5O3. The maximum absolute atomic E-state index is 12.2. The number of nitrogens with one attached hydrogen (secondary N) is 3. The molecule has 3 N–H and O–H groups in total. The van der Waals surface area contributed by atoms with Crippen LogP contribution in [0, 0.1) is 0 Å². The van der Waals surface area contributed by atoms with Gasteiger partial charge in [0.05, 0.1) is 28.8 Å². The van der Waals surface area contributed by atoms with E-state index in [-0.39, 0.29) is 18.1 Å². The highest BCUT2D eigenvalue weighted by molar-refractivity contribution is 6.31. The summed E-state index contributed by atoms with van der Waals surface area (Å²) >= 11 is 0. The molecular weight excluding hydrogens is 334 g/mol. The summed E-state index contributed by atoms with van der Waals surface area (Å²) in [5.41, 5.74) is 2.88. The van der Waals surface area contributed by atoms with Crippen LogP contribution in [0.2, 0.25) is 0 Å². The first kappa shape index (κ1) is 15.8. The number of anilines is 2. The van der Waals surface area contributed by atoms with Crippen LogP contribution in [0.1, 0.15) is 22.8 Å². The zero-order chi connectivity index (χ0) is 18.1. The highest BCUT2D eigenvalue weighted by atomic mass is 16.5. The molecule has 0 fully saturated rings. The van der Waals surface area contributed by atoms with Crippen LogP contribution in [0.3, 0.4) is 0 Å². The Hall–Kier alpha value is -3.68. The Labute approximate surface area is 148 Å². The van der Waals surface area contributed by atoms with Crippen LogP contribution in [0.5, 0.6) is 0 Å². The largest absolute Gasteiger partial charge is 0.462 e. The molecule has 0 unspecified atom stereocenters. The van der Waals surface area contributed by atoms with Gasteiger partial charge in [0.1, 0.15) is 5.82 Å². The summed E-state index contributed by atoms with van der Waals surface area (Å²) in [6, 6.07) is 9.19. The fourth-order valence-electron chi connectivity index (χ4n) is 2.70. The summed E-state index contributed by atoms with van der Waals surface area (Å²) in [5, 5.41) is 5.66. The van der Waals surface area contributed by atoms with Crippen molar-refractivity contribution in [1.29, 1.82) is 0 Å². The fraction of sp³-hybridized carbons (Fsp3) is 0.111. The van der Waals surface area contributed by atoms with Gasteiger partial charge in [-0.3, -0.25) is 4.79 Å². The first-order valence-corrected chi connectivity index (χ1v) is 8.06. The smallest absolute Gasteiger partial charge is 0.339 e. The van der Waals surface area contributed by atoms with Crippen molar-refractivity contribution < 1.29 is 14.3 Å². The van der Waals surface area contributed by atoms with Gasteiger partial charge < -0.3 is 20.4 Å². The molecule has 8 nitrogen and oxygen atoms in total. The molecule has 130 valence electrons. The number of fused-ring (bicyclic) bond motifs is 2. The molecule has 0 atom stereocenters. The molecule has 0 saturated carbocycles. The second-order valence-corrected chi connectivity index (χ2v) is 5.60. The average molecular weight is 349 g/mol. The zero-order valence-electron chi connectivity index (χ0n) is 13.9. The number of rotatable bonds is 4. The Balaban J connectivity index is 1.64. The lowest BCUT2D eigenvalue weighted by atomic mass is 10.1. The molecule has 0 bridgehead atoms. The van der Waals surface area contributed by atoms with Gasteiger partial charge in [-0.1, -0.05) is 12.1 Å². The van der Waals surface area contributed by atoms with Crippen molar-refractivity contribution in [3.63, 3.8) is 0 Å². The van der Waals surface area contributed by atoms with Gasteiger partial charge >= 0.3 is 5.97 Å². The van der Waals surface area contributed by atoms with E-state index in [1.165, 1.54) is 12.4 Å². The standard InChI is InChI=1S/C18H15N5O3/c1-2-26-17(25)10-7-11-12(16(24)23-15(11)19-8-10)9-20-18-21-13-5-3-4-6-14(13)22-18/h3-9H,2H2,1H3,(H,19,23,24)(H2,20,21,22)/b12-9-. The Bertz CT molecular complexity index is 1020. The van der Waals surface area contributed by atoms with Crippen LogP contribution >= 0.6 is 0 Å². The van der Waals surface area contributed by atoms with Crippen molar-refractivity contribution >= 4 is 40.2 Å². The Kier molecular flexibility index (Phi) is 3.85. The molecule has 1 aliphatic rings. The molecule has 26 heavy (non-hydrogen) atoms. The summed E-state index contributed by atoms with van der Waals surface area (Å²) < 4.78 is 4.98. The number of aromatic nitrogens is 3. The van der Waals surface area contributed by atoms with E-state index in [4.69, 9.17) is 4.74 Å². The molecule has 1 aliphatic heterocycles. The van der Waals surface area contributed by atoms with Gasteiger partial charge in [-0.25, -0.2) is 14.8 Å². The molecule has 3 heterocycles. The van der Waals surface area contributed by atoms with Crippen LogP contribution in [-0.2, 0) is 9.53 Å².